The Labute approximate surface area is 176 Å². The molecule has 150 valence electrons. The zero-order valence-corrected chi connectivity index (χ0v) is 17.0. The summed E-state index contributed by atoms with van der Waals surface area (Å²) in [7, 11) is 0. The number of hydrogen-bond donors (Lipinski definition) is 0. The standard InChI is InChI=1S/C28H26O2/c29-28(27-22-7-3-1-5-16(22)11-17-6-2-4-8-23(17)27)30-15-21-13-20-14-24(21)26-19-10-9-18(12-19)25(20)26/h1-11,18-21,24-26H,12-15H2. The second-order valence-electron chi connectivity index (χ2n) is 10.1. The van der Waals surface area contributed by atoms with E-state index in [1.807, 2.05) is 36.4 Å². The Morgan fingerprint density at radius 3 is 2.23 bits per heavy atom. The summed E-state index contributed by atoms with van der Waals surface area (Å²) in [4.78, 5) is 13.4. The summed E-state index contributed by atoms with van der Waals surface area (Å²) in [5, 5.41) is 4.18. The molecule has 3 saturated carbocycles. The van der Waals surface area contributed by atoms with Crippen LogP contribution in [0, 0.1) is 41.4 Å². The summed E-state index contributed by atoms with van der Waals surface area (Å²) >= 11 is 0. The number of esters is 1. The molecule has 30 heavy (non-hydrogen) atoms. The van der Waals surface area contributed by atoms with Gasteiger partial charge in [-0.05, 0) is 88.3 Å². The number of rotatable bonds is 3. The Morgan fingerprint density at radius 2 is 1.50 bits per heavy atom. The highest BCUT2D eigenvalue weighted by Crippen LogP contribution is 2.66. The summed E-state index contributed by atoms with van der Waals surface area (Å²) in [5.41, 5.74) is 0.729. The lowest BCUT2D eigenvalue weighted by Gasteiger charge is -2.36. The summed E-state index contributed by atoms with van der Waals surface area (Å²) in [5.74, 6) is 5.46. The van der Waals surface area contributed by atoms with Crippen LogP contribution in [0.15, 0.2) is 66.7 Å². The van der Waals surface area contributed by atoms with Gasteiger partial charge in [0.05, 0.1) is 12.2 Å². The van der Waals surface area contributed by atoms with E-state index >= 15 is 0 Å². The molecule has 4 aliphatic carbocycles. The highest BCUT2D eigenvalue weighted by atomic mass is 16.5. The monoisotopic (exact) mass is 394 g/mol. The average Bonchev–Trinajstić information content (AvgIpc) is 3.55. The molecule has 0 heterocycles. The zero-order chi connectivity index (χ0) is 19.8. The zero-order valence-electron chi connectivity index (χ0n) is 17.0. The first-order valence-corrected chi connectivity index (χ1v) is 11.5. The average molecular weight is 395 g/mol. The van der Waals surface area contributed by atoms with Crippen LogP contribution in [0.5, 0.6) is 0 Å². The Hall–Kier alpha value is -2.61. The van der Waals surface area contributed by atoms with Gasteiger partial charge in [-0.2, -0.15) is 0 Å². The van der Waals surface area contributed by atoms with Crippen LogP contribution in [0.3, 0.4) is 0 Å². The van der Waals surface area contributed by atoms with Crippen molar-refractivity contribution in [3.8, 4) is 0 Å². The molecule has 7 unspecified atom stereocenters. The molecule has 4 bridgehead atoms. The van der Waals surface area contributed by atoms with E-state index in [-0.39, 0.29) is 5.97 Å². The van der Waals surface area contributed by atoms with Gasteiger partial charge in [0.2, 0.25) is 0 Å². The van der Waals surface area contributed by atoms with Crippen molar-refractivity contribution >= 4 is 27.5 Å². The summed E-state index contributed by atoms with van der Waals surface area (Å²) in [6.45, 7) is 0.585. The van der Waals surface area contributed by atoms with E-state index in [4.69, 9.17) is 4.74 Å². The van der Waals surface area contributed by atoms with Gasteiger partial charge < -0.3 is 4.74 Å². The fourth-order valence-corrected chi connectivity index (χ4v) is 7.83. The third kappa shape index (κ3) is 2.28. The first-order chi connectivity index (χ1) is 14.8. The molecular formula is C28H26O2. The van der Waals surface area contributed by atoms with Crippen LogP contribution in [0.4, 0.5) is 0 Å². The minimum Gasteiger partial charge on any atom is -0.462 e. The van der Waals surface area contributed by atoms with Gasteiger partial charge in [0.15, 0.2) is 0 Å². The molecule has 4 aliphatic rings. The number of ether oxygens (including phenoxy) is 1. The number of fused-ring (bicyclic) bond motifs is 11. The maximum absolute atomic E-state index is 13.4. The lowest BCUT2D eigenvalue weighted by molar-refractivity contribution is 0.0311. The first kappa shape index (κ1) is 17.1. The number of hydrogen-bond acceptors (Lipinski definition) is 2. The van der Waals surface area contributed by atoms with Gasteiger partial charge in [0.1, 0.15) is 0 Å². The topological polar surface area (TPSA) is 26.3 Å². The van der Waals surface area contributed by atoms with Crippen molar-refractivity contribution in [1.82, 2.24) is 0 Å². The predicted octanol–water partition coefficient (Wildman–Crippen LogP) is 6.24. The van der Waals surface area contributed by atoms with E-state index < -0.39 is 0 Å². The van der Waals surface area contributed by atoms with Gasteiger partial charge in [-0.15, -0.1) is 0 Å². The number of carbonyl (C=O) groups excluding carboxylic acids is 1. The van der Waals surface area contributed by atoms with Crippen LogP contribution in [0.2, 0.25) is 0 Å². The van der Waals surface area contributed by atoms with Gasteiger partial charge in [-0.3, -0.25) is 0 Å². The van der Waals surface area contributed by atoms with Crippen molar-refractivity contribution in [2.24, 2.45) is 41.4 Å². The third-order valence-electron chi connectivity index (χ3n) is 8.81. The van der Waals surface area contributed by atoms with E-state index in [2.05, 4.69) is 30.4 Å². The number of allylic oxidation sites excluding steroid dienone is 2. The number of benzene rings is 3. The summed E-state index contributed by atoms with van der Waals surface area (Å²) < 4.78 is 6.05. The molecule has 7 atom stereocenters. The van der Waals surface area contributed by atoms with Crippen LogP contribution in [-0.4, -0.2) is 12.6 Å². The minimum atomic E-state index is -0.157. The largest absolute Gasteiger partial charge is 0.462 e. The van der Waals surface area contributed by atoms with E-state index in [0.717, 1.165) is 62.6 Å². The van der Waals surface area contributed by atoms with E-state index in [9.17, 15) is 4.79 Å². The van der Waals surface area contributed by atoms with Crippen molar-refractivity contribution in [3.05, 3.63) is 72.3 Å². The van der Waals surface area contributed by atoms with Crippen molar-refractivity contribution in [1.29, 1.82) is 0 Å². The van der Waals surface area contributed by atoms with Crippen LogP contribution in [0.25, 0.3) is 21.5 Å². The highest BCUT2D eigenvalue weighted by Gasteiger charge is 2.60. The Balaban J connectivity index is 1.18. The smallest absolute Gasteiger partial charge is 0.339 e. The fraction of sp³-hybridized carbons (Fsp3) is 0.393. The van der Waals surface area contributed by atoms with Crippen LogP contribution >= 0.6 is 0 Å². The van der Waals surface area contributed by atoms with Crippen LogP contribution < -0.4 is 0 Å². The van der Waals surface area contributed by atoms with Crippen molar-refractivity contribution < 1.29 is 9.53 Å². The van der Waals surface area contributed by atoms with Gasteiger partial charge >= 0.3 is 5.97 Å². The summed E-state index contributed by atoms with van der Waals surface area (Å²) in [6, 6.07) is 18.5. The molecule has 7 rings (SSSR count). The van der Waals surface area contributed by atoms with Gasteiger partial charge in [0.25, 0.3) is 0 Å². The van der Waals surface area contributed by atoms with E-state index in [0.29, 0.717) is 12.5 Å². The molecule has 0 aromatic heterocycles. The second-order valence-corrected chi connectivity index (χ2v) is 10.1. The van der Waals surface area contributed by atoms with Crippen molar-refractivity contribution in [3.63, 3.8) is 0 Å². The van der Waals surface area contributed by atoms with Crippen LogP contribution in [-0.2, 0) is 4.74 Å². The van der Waals surface area contributed by atoms with E-state index in [1.165, 1.54) is 19.3 Å². The first-order valence-electron chi connectivity index (χ1n) is 11.5. The predicted molar refractivity (Wildman–Crippen MR) is 119 cm³/mol. The maximum atomic E-state index is 13.4. The highest BCUT2D eigenvalue weighted by molar-refractivity contribution is 6.16. The van der Waals surface area contributed by atoms with Gasteiger partial charge in [0, 0.05) is 0 Å². The molecule has 2 nitrogen and oxygen atoms in total. The lowest BCUT2D eigenvalue weighted by atomic mass is 9.69. The Kier molecular flexibility index (Phi) is 3.53. The molecule has 0 aliphatic heterocycles. The second kappa shape index (κ2) is 6.20. The molecule has 0 radical (unpaired) electrons. The molecule has 3 aromatic carbocycles. The molecular weight excluding hydrogens is 368 g/mol. The third-order valence-corrected chi connectivity index (χ3v) is 8.81. The van der Waals surface area contributed by atoms with E-state index in [1.54, 1.807) is 0 Å². The molecule has 0 N–H and O–H groups in total. The number of carbonyl (C=O) groups is 1. The molecule has 3 fully saturated rings. The normalized spacial score (nSPS) is 35.4. The SMILES string of the molecule is O=C(OCC1CC2CC1C1C3C=CC(C3)C21)c1c2ccccc2cc2ccccc12. The minimum absolute atomic E-state index is 0.157. The lowest BCUT2D eigenvalue weighted by Crippen LogP contribution is -2.33. The Bertz CT molecular complexity index is 1150. The van der Waals surface area contributed by atoms with Crippen molar-refractivity contribution in [2.45, 2.75) is 19.3 Å². The molecule has 0 saturated heterocycles. The molecule has 0 spiro atoms. The quantitative estimate of drug-likeness (QED) is 0.227. The molecule has 2 heteroatoms. The fourth-order valence-electron chi connectivity index (χ4n) is 7.83. The summed E-state index contributed by atoms with van der Waals surface area (Å²) in [6.07, 6.45) is 8.98. The maximum Gasteiger partial charge on any atom is 0.339 e. The van der Waals surface area contributed by atoms with Gasteiger partial charge in [-0.1, -0.05) is 60.7 Å². The Morgan fingerprint density at radius 1 is 0.833 bits per heavy atom. The van der Waals surface area contributed by atoms with Crippen molar-refractivity contribution in [2.75, 3.05) is 6.61 Å². The van der Waals surface area contributed by atoms with Crippen LogP contribution in [0.1, 0.15) is 29.6 Å². The molecule has 3 aromatic rings. The van der Waals surface area contributed by atoms with Gasteiger partial charge in [-0.25, -0.2) is 4.79 Å². The molecule has 0 amide bonds.